The molecule has 8 N–H and O–H groups in total. The summed E-state index contributed by atoms with van der Waals surface area (Å²) in [6, 6.07) is 16.4. The topological polar surface area (TPSA) is 145 Å². The summed E-state index contributed by atoms with van der Waals surface area (Å²) in [5.41, 5.74) is 16.8. The monoisotopic (exact) mass is 500 g/mol. The Hall–Kier alpha value is -3.26. The number of hydrogen-bond donors (Lipinski definition) is 5. The van der Waals surface area contributed by atoms with Crippen LogP contribution >= 0.6 is 0 Å². The van der Waals surface area contributed by atoms with E-state index in [0.29, 0.717) is 6.54 Å². The highest BCUT2D eigenvalue weighted by atomic mass is 16.5. The molecule has 0 saturated heterocycles. The molecule has 8 nitrogen and oxygen atoms in total. The van der Waals surface area contributed by atoms with Crippen LogP contribution in [-0.4, -0.2) is 43.6 Å². The Bertz CT molecular complexity index is 874. The quantitative estimate of drug-likeness (QED) is 0.218. The summed E-state index contributed by atoms with van der Waals surface area (Å²) >= 11 is 0. The number of likely N-dealkylation sites (N-methyl/N-ethyl adjacent to an activating group) is 1. The number of guanidine groups is 1. The van der Waals surface area contributed by atoms with Crippen molar-refractivity contribution in [3.05, 3.63) is 59.7 Å². The van der Waals surface area contributed by atoms with Crippen molar-refractivity contribution >= 4 is 12.3 Å². The van der Waals surface area contributed by atoms with Crippen molar-refractivity contribution in [2.75, 3.05) is 20.1 Å². The molecule has 2 rings (SSSR count). The minimum absolute atomic E-state index is 0.122. The Labute approximate surface area is 218 Å². The first-order valence-corrected chi connectivity index (χ1v) is 12.5. The number of hydrogen-bond acceptors (Lipinski definition) is 5. The van der Waals surface area contributed by atoms with Crippen LogP contribution in [0.25, 0.3) is 0 Å². The summed E-state index contributed by atoms with van der Waals surface area (Å²) in [5, 5.41) is 9.03. The molecule has 2 aromatic carbocycles. The van der Waals surface area contributed by atoms with Gasteiger partial charge in [-0.25, -0.2) is 0 Å². The highest BCUT2D eigenvalue weighted by Gasteiger charge is 2.32. The maximum atomic E-state index is 6.29. The molecule has 0 heterocycles. The lowest BCUT2D eigenvalue weighted by Gasteiger charge is -2.35. The van der Waals surface area contributed by atoms with Gasteiger partial charge in [-0.05, 0) is 89.5 Å². The smallest absolute Gasteiger partial charge is 0.185 e. The van der Waals surface area contributed by atoms with Crippen molar-refractivity contribution < 1.29 is 9.47 Å². The number of nitrogens with one attached hydrogen (secondary N) is 2. The van der Waals surface area contributed by atoms with Gasteiger partial charge in [0.05, 0.1) is 6.34 Å². The fourth-order valence-electron chi connectivity index (χ4n) is 3.77. The van der Waals surface area contributed by atoms with E-state index in [1.807, 2.05) is 57.3 Å². The average Bonchev–Trinajstić information content (AvgIpc) is 2.80. The molecule has 0 aliphatic heterocycles. The molecule has 0 unspecified atom stereocenters. The van der Waals surface area contributed by atoms with Gasteiger partial charge in [-0.3, -0.25) is 10.4 Å². The fourth-order valence-corrected chi connectivity index (χ4v) is 3.77. The fraction of sp³-hybridized carbons (Fsp3) is 0.500. The molecule has 0 atom stereocenters. The lowest BCUT2D eigenvalue weighted by Crippen LogP contribution is -2.41. The van der Waals surface area contributed by atoms with E-state index in [9.17, 15) is 0 Å². The van der Waals surface area contributed by atoms with Crippen molar-refractivity contribution in [3.8, 4) is 11.5 Å². The van der Waals surface area contributed by atoms with E-state index < -0.39 is 5.60 Å². The summed E-state index contributed by atoms with van der Waals surface area (Å²) in [6.07, 6.45) is 3.28. The van der Waals surface area contributed by atoms with Crippen LogP contribution in [0.1, 0.15) is 59.1 Å². The molecule has 0 bridgehead atoms. The van der Waals surface area contributed by atoms with Crippen molar-refractivity contribution in [1.29, 1.82) is 5.41 Å². The van der Waals surface area contributed by atoms with E-state index in [1.165, 1.54) is 5.56 Å². The molecule has 202 valence electrons. The largest absolute Gasteiger partial charge is 0.488 e. The molecule has 0 aliphatic carbocycles. The van der Waals surface area contributed by atoms with Crippen molar-refractivity contribution in [2.45, 2.75) is 72.0 Å². The van der Waals surface area contributed by atoms with Gasteiger partial charge in [0.25, 0.3) is 0 Å². The predicted molar refractivity (Wildman–Crippen MR) is 153 cm³/mol. The summed E-state index contributed by atoms with van der Waals surface area (Å²) in [4.78, 5) is 4.02. The maximum Gasteiger partial charge on any atom is 0.185 e. The molecule has 0 spiro atoms. The Morgan fingerprint density at radius 1 is 0.861 bits per heavy atom. The van der Waals surface area contributed by atoms with E-state index in [-0.39, 0.29) is 11.6 Å². The van der Waals surface area contributed by atoms with Crippen LogP contribution in [0.3, 0.4) is 0 Å². The number of nitrogens with zero attached hydrogens (tertiary/aromatic N) is 1. The number of rotatable bonds is 12. The van der Waals surface area contributed by atoms with Gasteiger partial charge in [0.15, 0.2) is 5.96 Å². The maximum absolute atomic E-state index is 6.29. The van der Waals surface area contributed by atoms with E-state index in [4.69, 9.17) is 26.4 Å². The Morgan fingerprint density at radius 2 is 1.25 bits per heavy atom. The van der Waals surface area contributed by atoms with Gasteiger partial charge >= 0.3 is 0 Å². The van der Waals surface area contributed by atoms with E-state index >= 15 is 0 Å². The third-order valence-corrected chi connectivity index (χ3v) is 4.84. The SMILES string of the molecule is CC.CNCCc1ccc(OC(C)(C)CC(C)(C)Oc2ccc(CCN=C(N)N)cc2)cc1.N=CN. The van der Waals surface area contributed by atoms with Gasteiger partial charge in [0.2, 0.25) is 0 Å². The molecule has 0 aromatic heterocycles. The molecule has 0 aliphatic rings. The predicted octanol–water partition coefficient (Wildman–Crippen LogP) is 4.25. The summed E-state index contributed by atoms with van der Waals surface area (Å²) in [5.74, 6) is 1.83. The standard InChI is InChI=1S/C25H38N4O2.C2H6.CH4N2/c1-24(2,30-21-10-6-19(7-11-21)14-16-28-5)18-25(3,4)31-22-12-8-20(9-13-22)15-17-29-23(26)27;1-2;2-1-3/h6-13,28H,14-18H2,1-5H3,(H4,26,27,29);1-2H3;1H,(H3,2,3). The Kier molecular flexibility index (Phi) is 15.7. The minimum atomic E-state index is -0.393. The van der Waals surface area contributed by atoms with Crippen molar-refractivity contribution in [1.82, 2.24) is 5.32 Å². The molecule has 36 heavy (non-hydrogen) atoms. The zero-order chi connectivity index (χ0) is 27.6. The Morgan fingerprint density at radius 3 is 1.61 bits per heavy atom. The molecule has 0 amide bonds. The van der Waals surface area contributed by atoms with Crippen LogP contribution in [0.2, 0.25) is 0 Å². The van der Waals surface area contributed by atoms with E-state index in [2.05, 4.69) is 55.9 Å². The molecule has 0 saturated carbocycles. The van der Waals surface area contributed by atoms with E-state index in [1.54, 1.807) is 0 Å². The zero-order valence-electron chi connectivity index (χ0n) is 23.2. The van der Waals surface area contributed by atoms with Gasteiger partial charge in [0.1, 0.15) is 22.7 Å². The molecular formula is C28H48N6O2. The summed E-state index contributed by atoms with van der Waals surface area (Å²) in [6.45, 7) is 13.9. The van der Waals surface area contributed by atoms with Gasteiger partial charge in [-0.1, -0.05) is 38.1 Å². The molecule has 2 aromatic rings. The highest BCUT2D eigenvalue weighted by Crippen LogP contribution is 2.30. The first-order chi connectivity index (χ1) is 17.0. The van der Waals surface area contributed by atoms with Crippen molar-refractivity contribution in [3.63, 3.8) is 0 Å². The Balaban J connectivity index is 0.00000227. The van der Waals surface area contributed by atoms with Crippen LogP contribution in [0.5, 0.6) is 11.5 Å². The van der Waals surface area contributed by atoms with Crippen LogP contribution < -0.4 is 32.0 Å². The van der Waals surface area contributed by atoms with Crippen LogP contribution in [0.4, 0.5) is 0 Å². The normalized spacial score (nSPS) is 10.6. The van der Waals surface area contributed by atoms with Crippen LogP contribution in [-0.2, 0) is 12.8 Å². The van der Waals surface area contributed by atoms with Gasteiger partial charge in [-0.2, -0.15) is 0 Å². The second-order valence-electron chi connectivity index (χ2n) is 9.26. The second kappa shape index (κ2) is 17.2. The molecule has 0 fully saturated rings. The minimum Gasteiger partial charge on any atom is -0.488 e. The first-order valence-electron chi connectivity index (χ1n) is 12.5. The lowest BCUT2D eigenvalue weighted by atomic mass is 9.92. The molecule has 0 radical (unpaired) electrons. The highest BCUT2D eigenvalue weighted by molar-refractivity contribution is 5.75. The summed E-state index contributed by atoms with van der Waals surface area (Å²) < 4.78 is 12.6. The first kappa shape index (κ1) is 32.7. The van der Waals surface area contributed by atoms with Gasteiger partial charge in [-0.15, -0.1) is 0 Å². The molecule has 8 heteroatoms. The number of benzene rings is 2. The third-order valence-electron chi connectivity index (χ3n) is 4.84. The van der Waals surface area contributed by atoms with Gasteiger partial charge < -0.3 is 32.0 Å². The second-order valence-corrected chi connectivity index (χ2v) is 9.26. The average molecular weight is 501 g/mol. The number of ether oxygens (including phenoxy) is 2. The summed E-state index contributed by atoms with van der Waals surface area (Å²) in [7, 11) is 1.97. The van der Waals surface area contributed by atoms with Gasteiger partial charge in [0, 0.05) is 13.0 Å². The van der Waals surface area contributed by atoms with Crippen LogP contribution in [0.15, 0.2) is 53.5 Å². The third kappa shape index (κ3) is 14.9. The molecular weight excluding hydrogens is 452 g/mol. The van der Waals surface area contributed by atoms with E-state index in [0.717, 1.165) is 49.2 Å². The number of aliphatic imine (C=N–C) groups is 1. The van der Waals surface area contributed by atoms with Crippen LogP contribution in [0, 0.1) is 5.41 Å². The van der Waals surface area contributed by atoms with Crippen molar-refractivity contribution in [2.24, 2.45) is 22.2 Å². The zero-order valence-corrected chi connectivity index (χ0v) is 23.2. The lowest BCUT2D eigenvalue weighted by molar-refractivity contribution is 0.00503. The number of nitrogens with two attached hydrogens (primary N) is 3.